The molecule has 0 spiro atoms. The Morgan fingerprint density at radius 3 is 2.22 bits per heavy atom. The van der Waals surface area contributed by atoms with Crippen molar-refractivity contribution >= 4 is 16.7 Å². The van der Waals surface area contributed by atoms with Gasteiger partial charge in [0.2, 0.25) is 5.82 Å². The SMILES string of the molecule is Cc1c(-c2cnc(C(F)(F)F)nc2)[nH]c2cc(-c3ccc(N4CCNCC4)nc3)ccc12. The molecular formula is C23H21F3N6. The Balaban J connectivity index is 1.44. The Labute approximate surface area is 182 Å². The van der Waals surface area contributed by atoms with E-state index in [0.29, 0.717) is 11.3 Å². The van der Waals surface area contributed by atoms with Crippen molar-refractivity contribution in [2.75, 3.05) is 31.1 Å². The van der Waals surface area contributed by atoms with E-state index in [1.807, 2.05) is 37.4 Å². The zero-order chi connectivity index (χ0) is 22.3. The van der Waals surface area contributed by atoms with Crippen molar-refractivity contribution in [3.05, 3.63) is 60.3 Å². The number of hydrogen-bond donors (Lipinski definition) is 2. The third-order valence-electron chi connectivity index (χ3n) is 5.77. The molecule has 4 heterocycles. The minimum absolute atomic E-state index is 0.510. The molecule has 0 bridgehead atoms. The summed E-state index contributed by atoms with van der Waals surface area (Å²) in [5.41, 5.74) is 5.04. The molecule has 32 heavy (non-hydrogen) atoms. The van der Waals surface area contributed by atoms with Crippen LogP contribution in [0.2, 0.25) is 0 Å². The van der Waals surface area contributed by atoms with Crippen molar-refractivity contribution in [1.82, 2.24) is 25.3 Å². The highest BCUT2D eigenvalue weighted by molar-refractivity contribution is 5.93. The Hall–Kier alpha value is -3.46. The number of anilines is 1. The van der Waals surface area contributed by atoms with E-state index < -0.39 is 12.0 Å². The number of rotatable bonds is 3. The number of aryl methyl sites for hydroxylation is 1. The van der Waals surface area contributed by atoms with E-state index in [0.717, 1.165) is 59.6 Å². The summed E-state index contributed by atoms with van der Waals surface area (Å²) in [5, 5.41) is 4.33. The average Bonchev–Trinajstić information content (AvgIpc) is 3.15. The molecule has 1 saturated heterocycles. The van der Waals surface area contributed by atoms with Gasteiger partial charge in [-0.05, 0) is 36.2 Å². The van der Waals surface area contributed by atoms with Crippen LogP contribution in [0.1, 0.15) is 11.4 Å². The van der Waals surface area contributed by atoms with E-state index >= 15 is 0 Å². The van der Waals surface area contributed by atoms with Crippen molar-refractivity contribution in [2.45, 2.75) is 13.1 Å². The lowest BCUT2D eigenvalue weighted by Gasteiger charge is -2.28. The molecule has 2 N–H and O–H groups in total. The second kappa shape index (κ2) is 7.90. The number of benzene rings is 1. The van der Waals surface area contributed by atoms with Gasteiger partial charge < -0.3 is 15.2 Å². The third-order valence-corrected chi connectivity index (χ3v) is 5.77. The molecule has 0 atom stereocenters. The molecule has 0 radical (unpaired) electrons. The first-order valence-corrected chi connectivity index (χ1v) is 10.3. The van der Waals surface area contributed by atoms with Crippen molar-refractivity contribution < 1.29 is 13.2 Å². The van der Waals surface area contributed by atoms with Gasteiger partial charge in [-0.15, -0.1) is 0 Å². The predicted octanol–water partition coefficient (Wildman–Crippen LogP) is 4.42. The summed E-state index contributed by atoms with van der Waals surface area (Å²) in [5.74, 6) is -0.175. The highest BCUT2D eigenvalue weighted by atomic mass is 19.4. The van der Waals surface area contributed by atoms with Gasteiger partial charge in [0.1, 0.15) is 5.82 Å². The Kier molecular flexibility index (Phi) is 5.05. The molecule has 1 aromatic carbocycles. The summed E-state index contributed by atoms with van der Waals surface area (Å²) < 4.78 is 38.3. The van der Waals surface area contributed by atoms with Crippen LogP contribution >= 0.6 is 0 Å². The number of piperazine rings is 1. The molecular weight excluding hydrogens is 417 g/mol. The number of H-pyrrole nitrogens is 1. The minimum Gasteiger partial charge on any atom is -0.354 e. The summed E-state index contributed by atoms with van der Waals surface area (Å²) in [6.07, 6.45) is -0.281. The van der Waals surface area contributed by atoms with Crippen LogP contribution < -0.4 is 10.2 Å². The summed E-state index contributed by atoms with van der Waals surface area (Å²) in [4.78, 5) is 17.2. The number of fused-ring (bicyclic) bond motifs is 1. The number of pyridine rings is 1. The average molecular weight is 438 g/mol. The van der Waals surface area contributed by atoms with Crippen LogP contribution in [0.15, 0.2) is 48.9 Å². The fraction of sp³-hybridized carbons (Fsp3) is 0.261. The summed E-state index contributed by atoms with van der Waals surface area (Å²) in [6, 6.07) is 10.2. The fourth-order valence-corrected chi connectivity index (χ4v) is 4.05. The fourth-order valence-electron chi connectivity index (χ4n) is 4.05. The zero-order valence-electron chi connectivity index (χ0n) is 17.4. The van der Waals surface area contributed by atoms with Gasteiger partial charge in [-0.1, -0.05) is 12.1 Å². The molecule has 3 aromatic heterocycles. The van der Waals surface area contributed by atoms with E-state index in [-0.39, 0.29) is 0 Å². The van der Waals surface area contributed by atoms with Gasteiger partial charge in [-0.2, -0.15) is 13.2 Å². The quantitative estimate of drug-likeness (QED) is 0.496. The first-order valence-electron chi connectivity index (χ1n) is 10.3. The number of aromatic amines is 1. The van der Waals surface area contributed by atoms with Crippen LogP contribution in [0.3, 0.4) is 0 Å². The first kappa shape index (κ1) is 20.4. The molecule has 0 aliphatic carbocycles. The van der Waals surface area contributed by atoms with Crippen LogP contribution in [-0.2, 0) is 6.18 Å². The number of nitrogens with one attached hydrogen (secondary N) is 2. The third kappa shape index (κ3) is 3.80. The zero-order valence-corrected chi connectivity index (χ0v) is 17.4. The molecule has 0 amide bonds. The Bertz CT molecular complexity index is 1240. The number of alkyl halides is 3. The van der Waals surface area contributed by atoms with Gasteiger partial charge in [0.15, 0.2) is 0 Å². The second-order valence-corrected chi connectivity index (χ2v) is 7.82. The van der Waals surface area contributed by atoms with E-state index in [9.17, 15) is 13.2 Å². The highest BCUT2D eigenvalue weighted by Gasteiger charge is 2.34. The lowest BCUT2D eigenvalue weighted by Crippen LogP contribution is -2.43. The lowest BCUT2D eigenvalue weighted by molar-refractivity contribution is -0.144. The summed E-state index contributed by atoms with van der Waals surface area (Å²) >= 11 is 0. The van der Waals surface area contributed by atoms with Crippen molar-refractivity contribution in [3.63, 3.8) is 0 Å². The van der Waals surface area contributed by atoms with Gasteiger partial charge in [0.25, 0.3) is 0 Å². The maximum atomic E-state index is 12.8. The van der Waals surface area contributed by atoms with Gasteiger partial charge in [0.05, 0.1) is 5.69 Å². The van der Waals surface area contributed by atoms with E-state index in [1.165, 1.54) is 12.4 Å². The molecule has 1 aliphatic heterocycles. The van der Waals surface area contributed by atoms with Crippen LogP contribution in [0.5, 0.6) is 0 Å². The van der Waals surface area contributed by atoms with Crippen molar-refractivity contribution in [1.29, 1.82) is 0 Å². The molecule has 0 unspecified atom stereocenters. The second-order valence-electron chi connectivity index (χ2n) is 7.82. The largest absolute Gasteiger partial charge is 0.451 e. The minimum atomic E-state index is -4.56. The summed E-state index contributed by atoms with van der Waals surface area (Å²) in [7, 11) is 0. The molecule has 5 rings (SSSR count). The number of nitrogens with zero attached hydrogens (tertiary/aromatic N) is 4. The van der Waals surface area contributed by atoms with Crippen LogP contribution in [0.4, 0.5) is 19.0 Å². The predicted molar refractivity (Wildman–Crippen MR) is 117 cm³/mol. The summed E-state index contributed by atoms with van der Waals surface area (Å²) in [6.45, 7) is 5.72. The molecule has 9 heteroatoms. The number of aromatic nitrogens is 4. The van der Waals surface area contributed by atoms with Crippen molar-refractivity contribution in [3.8, 4) is 22.4 Å². The van der Waals surface area contributed by atoms with Crippen LogP contribution in [0, 0.1) is 6.92 Å². The van der Waals surface area contributed by atoms with Crippen LogP contribution in [-0.4, -0.2) is 46.1 Å². The first-order chi connectivity index (χ1) is 15.4. The van der Waals surface area contributed by atoms with E-state index in [2.05, 4.69) is 36.2 Å². The van der Waals surface area contributed by atoms with Gasteiger partial charge in [0, 0.05) is 66.8 Å². The van der Waals surface area contributed by atoms with Crippen molar-refractivity contribution in [2.24, 2.45) is 0 Å². The monoisotopic (exact) mass is 438 g/mol. The van der Waals surface area contributed by atoms with Crippen LogP contribution in [0.25, 0.3) is 33.3 Å². The smallest absolute Gasteiger partial charge is 0.354 e. The van der Waals surface area contributed by atoms with Gasteiger partial charge >= 0.3 is 6.18 Å². The standard InChI is InChI=1S/C23H21F3N6/c1-14-18-4-2-15(16-3-5-20(28-11-16)32-8-6-27-7-9-32)10-19(18)31-21(14)17-12-29-22(30-13-17)23(24,25)26/h2-5,10-13,27,31H,6-9H2,1H3. The number of hydrogen-bond acceptors (Lipinski definition) is 5. The maximum Gasteiger partial charge on any atom is 0.451 e. The maximum absolute atomic E-state index is 12.8. The Morgan fingerprint density at radius 2 is 1.56 bits per heavy atom. The van der Waals surface area contributed by atoms with E-state index in [1.54, 1.807) is 0 Å². The molecule has 1 aliphatic rings. The highest BCUT2D eigenvalue weighted by Crippen LogP contribution is 2.33. The Morgan fingerprint density at radius 1 is 0.875 bits per heavy atom. The molecule has 164 valence electrons. The lowest BCUT2D eigenvalue weighted by atomic mass is 10.0. The molecule has 0 saturated carbocycles. The molecule has 6 nitrogen and oxygen atoms in total. The molecule has 1 fully saturated rings. The topological polar surface area (TPSA) is 69.7 Å². The van der Waals surface area contributed by atoms with Gasteiger partial charge in [-0.3, -0.25) is 0 Å². The molecule has 4 aromatic rings. The normalized spacial score (nSPS) is 14.8. The van der Waals surface area contributed by atoms with E-state index in [4.69, 9.17) is 0 Å². The number of halogens is 3. The van der Waals surface area contributed by atoms with Gasteiger partial charge in [-0.25, -0.2) is 15.0 Å².